The van der Waals surface area contributed by atoms with Crippen molar-refractivity contribution in [3.8, 4) is 0 Å². The minimum absolute atomic E-state index is 0.185. The molecule has 0 aromatic heterocycles. The summed E-state index contributed by atoms with van der Waals surface area (Å²) in [6, 6.07) is 3.27. The molecule has 0 saturated carbocycles. The molecule has 0 spiro atoms. The fourth-order valence-corrected chi connectivity index (χ4v) is 1.01. The quantitative estimate of drug-likeness (QED) is 0.722. The lowest BCUT2D eigenvalue weighted by Crippen LogP contribution is -2.19. The Morgan fingerprint density at radius 3 is 2.69 bits per heavy atom. The molecular formula is C9H11F2NO. The fraction of sp³-hybridized carbons (Fsp3) is 0.333. The van der Waals surface area contributed by atoms with E-state index in [0.717, 1.165) is 18.2 Å². The lowest BCUT2D eigenvalue weighted by Gasteiger charge is -2.13. The Balaban J connectivity index is 2.81. The monoisotopic (exact) mass is 187 g/mol. The first-order valence-corrected chi connectivity index (χ1v) is 3.87. The Morgan fingerprint density at radius 1 is 1.38 bits per heavy atom. The normalized spacial score (nSPS) is 10.8. The zero-order chi connectivity index (χ0) is 9.84. The van der Waals surface area contributed by atoms with E-state index in [0.29, 0.717) is 0 Å². The number of nitrogens with zero attached hydrogens (tertiary/aromatic N) is 1. The predicted octanol–water partition coefficient (Wildman–Crippen LogP) is 1.35. The summed E-state index contributed by atoms with van der Waals surface area (Å²) in [5.74, 6) is -0.926. The van der Waals surface area contributed by atoms with Crippen LogP contribution in [0, 0.1) is 11.6 Å². The minimum Gasteiger partial charge on any atom is -0.381 e. The first-order valence-electron chi connectivity index (χ1n) is 3.87. The smallest absolute Gasteiger partial charge is 0.127 e. The topological polar surface area (TPSA) is 23.5 Å². The Labute approximate surface area is 75.4 Å². The number of rotatable bonds is 3. The van der Waals surface area contributed by atoms with Crippen LogP contribution in [0.2, 0.25) is 0 Å². The molecule has 0 fully saturated rings. The number of halogens is 2. The van der Waals surface area contributed by atoms with Crippen LogP contribution < -0.4 is 0 Å². The highest BCUT2D eigenvalue weighted by molar-refractivity contribution is 5.18. The molecule has 0 aliphatic rings. The maximum Gasteiger partial charge on any atom is 0.127 e. The van der Waals surface area contributed by atoms with Gasteiger partial charge in [0.1, 0.15) is 11.6 Å². The van der Waals surface area contributed by atoms with Crippen molar-refractivity contribution in [1.29, 1.82) is 0 Å². The van der Waals surface area contributed by atoms with Crippen molar-refractivity contribution in [3.05, 3.63) is 35.4 Å². The zero-order valence-corrected chi connectivity index (χ0v) is 7.30. The third kappa shape index (κ3) is 2.75. The number of benzene rings is 1. The Morgan fingerprint density at radius 2 is 2.08 bits per heavy atom. The minimum atomic E-state index is -0.470. The van der Waals surface area contributed by atoms with Crippen molar-refractivity contribution < 1.29 is 13.9 Å². The Hall–Kier alpha value is -1.00. The van der Waals surface area contributed by atoms with Gasteiger partial charge >= 0.3 is 0 Å². The van der Waals surface area contributed by atoms with E-state index in [2.05, 4.69) is 0 Å². The van der Waals surface area contributed by atoms with Crippen LogP contribution in [-0.4, -0.2) is 23.8 Å². The average molecular weight is 187 g/mol. The highest BCUT2D eigenvalue weighted by atomic mass is 19.1. The Bertz CT molecular complexity index is 291. The number of hydrogen-bond acceptors (Lipinski definition) is 2. The third-order valence-electron chi connectivity index (χ3n) is 1.69. The molecule has 0 aliphatic heterocycles. The van der Waals surface area contributed by atoms with E-state index in [4.69, 9.17) is 5.11 Å². The van der Waals surface area contributed by atoms with Gasteiger partial charge in [0, 0.05) is 12.1 Å². The van der Waals surface area contributed by atoms with Gasteiger partial charge in [-0.05, 0) is 25.2 Å². The lowest BCUT2D eigenvalue weighted by molar-refractivity contribution is 0.126. The van der Waals surface area contributed by atoms with E-state index in [-0.39, 0.29) is 18.8 Å². The number of hydrogen-bond donors (Lipinski definition) is 1. The zero-order valence-electron chi connectivity index (χ0n) is 7.30. The van der Waals surface area contributed by atoms with Crippen LogP contribution >= 0.6 is 0 Å². The molecule has 0 heterocycles. The molecule has 13 heavy (non-hydrogen) atoms. The summed E-state index contributed by atoms with van der Waals surface area (Å²) in [6.45, 7) is 0.00997. The molecule has 0 unspecified atom stereocenters. The van der Waals surface area contributed by atoms with Crippen LogP contribution in [0.3, 0.4) is 0 Å². The second-order valence-electron chi connectivity index (χ2n) is 2.89. The third-order valence-corrected chi connectivity index (χ3v) is 1.69. The van der Waals surface area contributed by atoms with Crippen molar-refractivity contribution in [3.63, 3.8) is 0 Å². The second-order valence-corrected chi connectivity index (χ2v) is 2.89. The largest absolute Gasteiger partial charge is 0.381 e. The highest BCUT2D eigenvalue weighted by Crippen LogP contribution is 2.11. The number of aliphatic hydroxyl groups excluding tert-OH is 1. The molecule has 1 aromatic rings. The summed E-state index contributed by atoms with van der Waals surface area (Å²) in [7, 11) is 1.62. The molecule has 1 rings (SSSR count). The van der Waals surface area contributed by atoms with Crippen LogP contribution in [0.5, 0.6) is 0 Å². The van der Waals surface area contributed by atoms with E-state index in [1.165, 1.54) is 4.90 Å². The SMILES string of the molecule is CN(CO)Cc1cc(F)ccc1F. The van der Waals surface area contributed by atoms with Crippen molar-refractivity contribution >= 4 is 0 Å². The molecule has 0 aliphatic carbocycles. The van der Waals surface area contributed by atoms with E-state index in [1.807, 2.05) is 0 Å². The van der Waals surface area contributed by atoms with Crippen LogP contribution in [-0.2, 0) is 6.54 Å². The molecule has 0 radical (unpaired) electrons. The summed E-state index contributed by atoms with van der Waals surface area (Å²) >= 11 is 0. The molecule has 1 N–H and O–H groups in total. The van der Waals surface area contributed by atoms with Crippen molar-refractivity contribution in [2.75, 3.05) is 13.8 Å². The maximum atomic E-state index is 13.0. The van der Waals surface area contributed by atoms with E-state index in [9.17, 15) is 8.78 Å². The van der Waals surface area contributed by atoms with Crippen molar-refractivity contribution in [1.82, 2.24) is 4.90 Å². The van der Waals surface area contributed by atoms with Crippen LogP contribution in [0.4, 0.5) is 8.78 Å². The Kier molecular flexibility index (Phi) is 3.33. The van der Waals surface area contributed by atoms with Gasteiger partial charge in [-0.3, -0.25) is 4.90 Å². The van der Waals surface area contributed by atoms with Crippen LogP contribution in [0.15, 0.2) is 18.2 Å². The van der Waals surface area contributed by atoms with Gasteiger partial charge in [0.25, 0.3) is 0 Å². The summed E-state index contributed by atoms with van der Waals surface area (Å²) < 4.78 is 25.6. The second kappa shape index (κ2) is 4.30. The van der Waals surface area contributed by atoms with Gasteiger partial charge in [0.15, 0.2) is 0 Å². The maximum absolute atomic E-state index is 13.0. The fourth-order valence-electron chi connectivity index (χ4n) is 1.01. The van der Waals surface area contributed by atoms with Crippen LogP contribution in [0.1, 0.15) is 5.56 Å². The first kappa shape index (κ1) is 10.1. The summed E-state index contributed by atoms with van der Waals surface area (Å²) in [5, 5.41) is 8.67. The van der Waals surface area contributed by atoms with Gasteiger partial charge < -0.3 is 5.11 Å². The molecule has 1 aromatic carbocycles. The van der Waals surface area contributed by atoms with Crippen molar-refractivity contribution in [2.24, 2.45) is 0 Å². The van der Waals surface area contributed by atoms with Crippen molar-refractivity contribution in [2.45, 2.75) is 6.54 Å². The van der Waals surface area contributed by atoms with Gasteiger partial charge in [-0.1, -0.05) is 0 Å². The molecule has 2 nitrogen and oxygen atoms in total. The molecule has 0 bridgehead atoms. The van der Waals surface area contributed by atoms with Gasteiger partial charge in [-0.2, -0.15) is 0 Å². The molecule has 72 valence electrons. The molecule has 0 amide bonds. The lowest BCUT2D eigenvalue weighted by atomic mass is 10.2. The summed E-state index contributed by atoms with van der Waals surface area (Å²) in [6.07, 6.45) is 0. The molecule has 4 heteroatoms. The highest BCUT2D eigenvalue weighted by Gasteiger charge is 2.05. The van der Waals surface area contributed by atoms with E-state index < -0.39 is 11.6 Å². The standard InChI is InChI=1S/C9H11F2NO/c1-12(6-13)5-7-4-8(10)2-3-9(7)11/h2-4,13H,5-6H2,1H3. The van der Waals surface area contributed by atoms with Gasteiger partial charge in [-0.25, -0.2) is 8.78 Å². The van der Waals surface area contributed by atoms with Gasteiger partial charge in [0.2, 0.25) is 0 Å². The van der Waals surface area contributed by atoms with Gasteiger partial charge in [0.05, 0.1) is 6.73 Å². The van der Waals surface area contributed by atoms with E-state index >= 15 is 0 Å². The van der Waals surface area contributed by atoms with E-state index in [1.54, 1.807) is 7.05 Å². The summed E-state index contributed by atoms with van der Waals surface area (Å²) in [5.41, 5.74) is 0.247. The molecular weight excluding hydrogens is 176 g/mol. The number of aliphatic hydroxyl groups is 1. The summed E-state index contributed by atoms with van der Waals surface area (Å²) in [4.78, 5) is 1.47. The van der Waals surface area contributed by atoms with Crippen LogP contribution in [0.25, 0.3) is 0 Å². The van der Waals surface area contributed by atoms with Gasteiger partial charge in [-0.15, -0.1) is 0 Å². The molecule has 0 saturated heterocycles. The molecule has 0 atom stereocenters. The first-order chi connectivity index (χ1) is 6.13. The average Bonchev–Trinajstić information content (AvgIpc) is 2.11. The predicted molar refractivity (Wildman–Crippen MR) is 44.9 cm³/mol.